The summed E-state index contributed by atoms with van der Waals surface area (Å²) in [6, 6.07) is 7.94. The Balaban J connectivity index is 1.50. The molecule has 190 valence electrons. The molecule has 36 heavy (non-hydrogen) atoms. The van der Waals surface area contributed by atoms with E-state index in [2.05, 4.69) is 21.4 Å². The predicted molar refractivity (Wildman–Crippen MR) is 135 cm³/mol. The Morgan fingerprint density at radius 1 is 1.28 bits per heavy atom. The maximum Gasteiger partial charge on any atom is 0.408 e. The van der Waals surface area contributed by atoms with Crippen LogP contribution in [0, 0.1) is 11.3 Å². The van der Waals surface area contributed by atoms with Gasteiger partial charge in [0.1, 0.15) is 29.8 Å². The van der Waals surface area contributed by atoms with E-state index in [9.17, 15) is 10.1 Å². The number of aromatic nitrogens is 3. The van der Waals surface area contributed by atoms with Crippen molar-refractivity contribution in [2.45, 2.75) is 51.7 Å². The number of amides is 1. The maximum atomic E-state index is 12.3. The van der Waals surface area contributed by atoms with E-state index in [1.807, 2.05) is 45.9 Å². The van der Waals surface area contributed by atoms with E-state index < -0.39 is 11.7 Å². The summed E-state index contributed by atoms with van der Waals surface area (Å²) in [7, 11) is 0. The van der Waals surface area contributed by atoms with Crippen LogP contribution in [0.25, 0.3) is 16.6 Å². The topological polar surface area (TPSA) is 125 Å². The van der Waals surface area contributed by atoms with Gasteiger partial charge in [0, 0.05) is 36.0 Å². The Morgan fingerprint density at radius 2 is 2.03 bits per heavy atom. The van der Waals surface area contributed by atoms with Crippen LogP contribution in [0.4, 0.5) is 10.6 Å². The number of hydrogen-bond donors (Lipinski definition) is 2. The molecular weight excluding hydrogens is 460 g/mol. The molecule has 10 heteroatoms. The molecule has 0 spiro atoms. The van der Waals surface area contributed by atoms with Crippen LogP contribution in [0.3, 0.4) is 0 Å². The van der Waals surface area contributed by atoms with Crippen LogP contribution in [-0.4, -0.2) is 63.2 Å². The summed E-state index contributed by atoms with van der Waals surface area (Å²) in [6.07, 6.45) is 6.12. The molecule has 0 aliphatic carbocycles. The number of pyridine rings is 2. The van der Waals surface area contributed by atoms with Gasteiger partial charge in [0.05, 0.1) is 30.1 Å². The molecule has 0 atom stereocenters. The number of nitrogens with one attached hydrogen (secondary N) is 1. The highest BCUT2D eigenvalue weighted by atomic mass is 16.6. The van der Waals surface area contributed by atoms with Crippen molar-refractivity contribution in [2.75, 3.05) is 31.2 Å². The second-order valence-electron chi connectivity index (χ2n) is 10.2. The molecule has 10 nitrogen and oxygen atoms in total. The Bertz CT molecular complexity index is 1260. The Labute approximate surface area is 210 Å². The highest BCUT2D eigenvalue weighted by Gasteiger charge is 2.33. The van der Waals surface area contributed by atoms with Crippen LogP contribution < -0.4 is 15.0 Å². The number of fused-ring (bicyclic) bond motifs is 1. The Morgan fingerprint density at radius 3 is 2.64 bits per heavy atom. The molecule has 2 N–H and O–H groups in total. The summed E-state index contributed by atoms with van der Waals surface area (Å²) in [4.78, 5) is 19.1. The smallest absolute Gasteiger partial charge is 0.408 e. The average Bonchev–Trinajstić information content (AvgIpc) is 3.24. The van der Waals surface area contributed by atoms with Gasteiger partial charge >= 0.3 is 6.09 Å². The van der Waals surface area contributed by atoms with Gasteiger partial charge in [-0.2, -0.15) is 10.4 Å². The van der Waals surface area contributed by atoms with Gasteiger partial charge in [0.2, 0.25) is 0 Å². The second-order valence-corrected chi connectivity index (χ2v) is 10.2. The molecule has 3 aromatic rings. The van der Waals surface area contributed by atoms with E-state index >= 15 is 0 Å². The molecular formula is C26H32N6O4. The third kappa shape index (κ3) is 5.69. The predicted octanol–water partition coefficient (Wildman–Crippen LogP) is 3.52. The first-order valence-electron chi connectivity index (χ1n) is 12.0. The van der Waals surface area contributed by atoms with E-state index in [1.54, 1.807) is 16.9 Å². The lowest BCUT2D eigenvalue weighted by Gasteiger charge is -2.40. The minimum atomic E-state index is -0.534. The quantitative estimate of drug-likeness (QED) is 0.535. The van der Waals surface area contributed by atoms with Crippen molar-refractivity contribution in [1.82, 2.24) is 19.9 Å². The van der Waals surface area contributed by atoms with Gasteiger partial charge < -0.3 is 24.8 Å². The monoisotopic (exact) mass is 492 g/mol. The summed E-state index contributed by atoms with van der Waals surface area (Å²) in [5.74, 6) is 1.38. The molecule has 1 saturated heterocycles. The number of hydrogen-bond acceptors (Lipinski definition) is 8. The summed E-state index contributed by atoms with van der Waals surface area (Å²) in [6.45, 7) is 9.14. The third-order valence-electron chi connectivity index (χ3n) is 6.12. The first kappa shape index (κ1) is 25.3. The minimum Gasteiger partial charge on any atom is -0.490 e. The number of ether oxygens (including phenoxy) is 2. The minimum absolute atomic E-state index is 0.103. The Hall–Kier alpha value is -3.84. The second kappa shape index (κ2) is 10.0. The SMILES string of the molecule is CC1(NC(=O)OC(C)(C)C)CCN(c2ccc(-c3cc(OCCO)cn4ncc(C#N)c34)cn2)CC1. The molecule has 0 radical (unpaired) electrons. The van der Waals surface area contributed by atoms with Crippen LogP contribution in [0.15, 0.2) is 36.8 Å². The summed E-state index contributed by atoms with van der Waals surface area (Å²) in [5.41, 5.74) is 1.85. The zero-order valence-electron chi connectivity index (χ0n) is 21.1. The lowest BCUT2D eigenvalue weighted by molar-refractivity contribution is 0.0448. The van der Waals surface area contributed by atoms with E-state index in [1.165, 1.54) is 6.20 Å². The molecule has 1 aliphatic rings. The fraction of sp³-hybridized carbons (Fsp3) is 0.462. The number of nitriles is 1. The zero-order chi connectivity index (χ0) is 25.9. The number of aliphatic hydroxyl groups excluding tert-OH is 1. The van der Waals surface area contributed by atoms with Crippen molar-refractivity contribution >= 4 is 17.4 Å². The van der Waals surface area contributed by atoms with Gasteiger partial charge in [-0.25, -0.2) is 14.3 Å². The third-order valence-corrected chi connectivity index (χ3v) is 6.12. The molecule has 4 rings (SSSR count). The van der Waals surface area contributed by atoms with E-state index in [4.69, 9.17) is 19.6 Å². The van der Waals surface area contributed by atoms with Crippen molar-refractivity contribution in [3.63, 3.8) is 0 Å². The lowest BCUT2D eigenvalue weighted by Crippen LogP contribution is -2.54. The molecule has 0 aromatic carbocycles. The molecule has 1 amide bonds. The fourth-order valence-electron chi connectivity index (χ4n) is 4.28. The summed E-state index contributed by atoms with van der Waals surface area (Å²) < 4.78 is 12.6. The number of piperidine rings is 1. The van der Waals surface area contributed by atoms with Crippen LogP contribution in [-0.2, 0) is 4.74 Å². The van der Waals surface area contributed by atoms with E-state index in [-0.39, 0.29) is 18.8 Å². The standard InChI is InChI=1S/C26H32N6O4/c1-25(2,3)36-24(34)30-26(4)7-9-31(10-8-26)22-6-5-18(15-28-22)21-13-20(35-12-11-33)17-32-23(21)19(14-27)16-29-32/h5-6,13,15-17,33H,7-12H2,1-4H3,(H,30,34). The highest BCUT2D eigenvalue weighted by molar-refractivity contribution is 5.85. The number of rotatable bonds is 6. The molecule has 1 aliphatic heterocycles. The van der Waals surface area contributed by atoms with Gasteiger partial charge in [-0.3, -0.25) is 0 Å². The number of anilines is 1. The first-order chi connectivity index (χ1) is 17.1. The average molecular weight is 493 g/mol. The fourth-order valence-corrected chi connectivity index (χ4v) is 4.28. The van der Waals surface area contributed by atoms with Crippen molar-refractivity contribution < 1.29 is 19.4 Å². The van der Waals surface area contributed by atoms with Crippen molar-refractivity contribution in [3.05, 3.63) is 42.4 Å². The molecule has 0 saturated carbocycles. The normalized spacial score (nSPS) is 15.4. The summed E-state index contributed by atoms with van der Waals surface area (Å²) >= 11 is 0. The van der Waals surface area contributed by atoms with E-state index in [0.717, 1.165) is 42.9 Å². The number of nitrogens with zero attached hydrogens (tertiary/aromatic N) is 5. The van der Waals surface area contributed by atoms with E-state index in [0.29, 0.717) is 16.8 Å². The molecule has 0 unspecified atom stereocenters. The summed E-state index contributed by atoms with van der Waals surface area (Å²) in [5, 5.41) is 26.0. The van der Waals surface area contributed by atoms with Crippen LogP contribution in [0.1, 0.15) is 46.1 Å². The molecule has 1 fully saturated rings. The molecule has 4 heterocycles. The van der Waals surface area contributed by atoms with Gasteiger partial charge in [0.25, 0.3) is 0 Å². The molecule has 3 aromatic heterocycles. The number of carbonyl (C=O) groups excluding carboxylic acids is 1. The zero-order valence-corrected chi connectivity index (χ0v) is 21.1. The van der Waals surface area contributed by atoms with Gasteiger partial charge in [-0.15, -0.1) is 0 Å². The van der Waals surface area contributed by atoms with Crippen molar-refractivity contribution in [1.29, 1.82) is 5.26 Å². The van der Waals surface area contributed by atoms with Crippen LogP contribution in [0.2, 0.25) is 0 Å². The lowest BCUT2D eigenvalue weighted by atomic mass is 9.90. The molecule has 0 bridgehead atoms. The van der Waals surface area contributed by atoms with Gasteiger partial charge in [-0.1, -0.05) is 0 Å². The van der Waals surface area contributed by atoms with Crippen molar-refractivity contribution in [3.8, 4) is 22.9 Å². The van der Waals surface area contributed by atoms with Gasteiger partial charge in [0.15, 0.2) is 0 Å². The van der Waals surface area contributed by atoms with Crippen molar-refractivity contribution in [2.24, 2.45) is 0 Å². The number of aliphatic hydroxyl groups is 1. The number of carbonyl (C=O) groups is 1. The van der Waals surface area contributed by atoms with Crippen LogP contribution >= 0.6 is 0 Å². The maximum absolute atomic E-state index is 12.3. The largest absolute Gasteiger partial charge is 0.490 e. The Kier molecular flexibility index (Phi) is 7.04. The highest BCUT2D eigenvalue weighted by Crippen LogP contribution is 2.32. The first-order valence-corrected chi connectivity index (χ1v) is 12.0. The van der Waals surface area contributed by atoms with Gasteiger partial charge in [-0.05, 0) is 58.7 Å². The number of alkyl carbamates (subject to hydrolysis) is 1. The van der Waals surface area contributed by atoms with Crippen LogP contribution in [0.5, 0.6) is 5.75 Å².